The molecule has 0 aromatic heterocycles. The third-order valence-corrected chi connectivity index (χ3v) is 3.99. The maximum Gasteiger partial charge on any atom is 0.407 e. The summed E-state index contributed by atoms with van der Waals surface area (Å²) in [6.07, 6.45) is 1.04. The molecule has 2 rings (SSSR count). The van der Waals surface area contributed by atoms with Gasteiger partial charge in [-0.15, -0.1) is 0 Å². The number of hydrogen-bond donors (Lipinski definition) is 1. The van der Waals surface area contributed by atoms with E-state index in [1.807, 2.05) is 39.8 Å². The first-order valence-corrected chi connectivity index (χ1v) is 7.92. The van der Waals surface area contributed by atoms with Crippen LogP contribution in [0.4, 0.5) is 4.79 Å². The molecule has 0 aliphatic heterocycles. The second-order valence-electron chi connectivity index (χ2n) is 6.97. The first-order valence-electron chi connectivity index (χ1n) is 7.92. The number of nitrogens with one attached hydrogen (secondary N) is 1. The van der Waals surface area contributed by atoms with Gasteiger partial charge < -0.3 is 14.8 Å². The van der Waals surface area contributed by atoms with Crippen molar-refractivity contribution in [2.45, 2.75) is 52.2 Å². The van der Waals surface area contributed by atoms with Gasteiger partial charge >= 0.3 is 6.09 Å². The molecular weight excluding hydrogens is 294 g/mol. The van der Waals surface area contributed by atoms with Gasteiger partial charge in [-0.25, -0.2) is 4.79 Å². The van der Waals surface area contributed by atoms with Gasteiger partial charge in [0.1, 0.15) is 11.4 Å². The third kappa shape index (κ3) is 4.24. The van der Waals surface area contributed by atoms with E-state index in [1.54, 1.807) is 13.2 Å². The van der Waals surface area contributed by atoms with E-state index in [4.69, 9.17) is 9.47 Å². The van der Waals surface area contributed by atoms with Crippen LogP contribution in [0.5, 0.6) is 5.75 Å². The number of alkyl carbamates (subject to hydrolysis) is 1. The number of carbonyl (C=O) groups is 2. The van der Waals surface area contributed by atoms with E-state index >= 15 is 0 Å². The maximum absolute atomic E-state index is 12.7. The van der Waals surface area contributed by atoms with Crippen LogP contribution < -0.4 is 10.1 Å². The molecule has 0 bridgehead atoms. The summed E-state index contributed by atoms with van der Waals surface area (Å²) in [7, 11) is 1.58. The lowest BCUT2D eigenvalue weighted by Gasteiger charge is -2.29. The lowest BCUT2D eigenvalue weighted by Crippen LogP contribution is -2.45. The number of aryl methyl sites for hydroxylation is 1. The number of ketones is 1. The molecule has 5 nitrogen and oxygen atoms in total. The summed E-state index contributed by atoms with van der Waals surface area (Å²) in [6.45, 7) is 7.28. The number of Topliss-reactive ketones (excluding diaryl/α,β-unsaturated/α-hetero) is 1. The fourth-order valence-electron chi connectivity index (χ4n) is 2.84. The van der Waals surface area contributed by atoms with E-state index in [0.717, 1.165) is 18.4 Å². The van der Waals surface area contributed by atoms with Crippen molar-refractivity contribution in [2.75, 3.05) is 7.11 Å². The molecule has 0 heterocycles. The fourth-order valence-corrected chi connectivity index (χ4v) is 2.84. The molecule has 1 aliphatic rings. The highest BCUT2D eigenvalue weighted by molar-refractivity contribution is 6.01. The molecule has 5 heteroatoms. The zero-order valence-corrected chi connectivity index (χ0v) is 14.4. The van der Waals surface area contributed by atoms with Gasteiger partial charge in [0.25, 0.3) is 0 Å². The highest BCUT2D eigenvalue weighted by Gasteiger charge is 2.33. The van der Waals surface area contributed by atoms with Crippen molar-refractivity contribution in [3.05, 3.63) is 29.3 Å². The summed E-state index contributed by atoms with van der Waals surface area (Å²) in [6, 6.07) is 5.31. The molecule has 0 saturated carbocycles. The van der Waals surface area contributed by atoms with Crippen molar-refractivity contribution in [1.82, 2.24) is 5.32 Å². The summed E-state index contributed by atoms with van der Waals surface area (Å²) in [5.41, 5.74) is 1.18. The molecule has 0 spiro atoms. The Morgan fingerprint density at radius 3 is 2.65 bits per heavy atom. The van der Waals surface area contributed by atoms with Crippen molar-refractivity contribution in [3.8, 4) is 5.75 Å². The molecule has 0 radical (unpaired) electrons. The predicted molar refractivity (Wildman–Crippen MR) is 88.0 cm³/mol. The molecule has 1 aliphatic carbocycles. The van der Waals surface area contributed by atoms with Crippen molar-refractivity contribution in [1.29, 1.82) is 0 Å². The van der Waals surface area contributed by atoms with Gasteiger partial charge in [0.15, 0.2) is 5.78 Å². The number of ether oxygens (including phenoxy) is 2. The van der Waals surface area contributed by atoms with Gasteiger partial charge in [-0.2, -0.15) is 0 Å². The molecular formula is C18H25NO4. The highest BCUT2D eigenvalue weighted by Crippen LogP contribution is 2.30. The molecule has 0 saturated heterocycles. The minimum Gasteiger partial charge on any atom is -0.497 e. The zero-order chi connectivity index (χ0) is 17.2. The van der Waals surface area contributed by atoms with Gasteiger partial charge in [-0.1, -0.05) is 6.07 Å². The standard InChI is InChI=1S/C18H25NO4/c1-11(19-17(21)23-18(2,3)4)14-9-7-12-6-8-13(22-5)10-15(12)16(14)20/h6,8,10-11,14H,7,9H2,1-5H3,(H,19,21). The van der Waals surface area contributed by atoms with Crippen LogP contribution in [0.3, 0.4) is 0 Å². The van der Waals surface area contributed by atoms with E-state index in [9.17, 15) is 9.59 Å². The minimum absolute atomic E-state index is 0.0497. The van der Waals surface area contributed by atoms with Gasteiger partial charge in [0.05, 0.1) is 7.11 Å². The largest absolute Gasteiger partial charge is 0.497 e. The second kappa shape index (κ2) is 6.60. The van der Waals surface area contributed by atoms with Gasteiger partial charge in [0.2, 0.25) is 0 Å². The predicted octanol–water partition coefficient (Wildman–Crippen LogP) is 3.35. The summed E-state index contributed by atoms with van der Waals surface area (Å²) in [4.78, 5) is 24.6. The van der Waals surface area contributed by atoms with Crippen LogP contribution in [0.2, 0.25) is 0 Å². The fraction of sp³-hybridized carbons (Fsp3) is 0.556. The Hall–Kier alpha value is -2.04. The summed E-state index contributed by atoms with van der Waals surface area (Å²) >= 11 is 0. The van der Waals surface area contributed by atoms with Crippen LogP contribution in [-0.2, 0) is 11.2 Å². The number of fused-ring (bicyclic) bond motifs is 1. The average Bonchev–Trinajstić information content (AvgIpc) is 2.45. The van der Waals surface area contributed by atoms with E-state index in [0.29, 0.717) is 11.3 Å². The minimum atomic E-state index is -0.555. The average molecular weight is 319 g/mol. The number of rotatable bonds is 3. The third-order valence-electron chi connectivity index (χ3n) is 3.99. The van der Waals surface area contributed by atoms with Gasteiger partial charge in [-0.3, -0.25) is 4.79 Å². The molecule has 23 heavy (non-hydrogen) atoms. The first kappa shape index (κ1) is 17.3. The van der Waals surface area contributed by atoms with Crippen LogP contribution in [-0.4, -0.2) is 30.6 Å². The van der Waals surface area contributed by atoms with E-state index in [1.165, 1.54) is 0 Å². The van der Waals surface area contributed by atoms with Crippen LogP contribution in [0.15, 0.2) is 18.2 Å². The van der Waals surface area contributed by atoms with Crippen molar-refractivity contribution < 1.29 is 19.1 Å². The van der Waals surface area contributed by atoms with E-state index in [2.05, 4.69) is 5.32 Å². The molecule has 1 aromatic carbocycles. The second-order valence-corrected chi connectivity index (χ2v) is 6.97. The number of amides is 1. The quantitative estimate of drug-likeness (QED) is 0.928. The SMILES string of the molecule is COc1ccc2c(c1)C(=O)C(C(C)NC(=O)OC(C)(C)C)CC2. The number of carbonyl (C=O) groups excluding carboxylic acids is 2. The summed E-state index contributed by atoms with van der Waals surface area (Å²) in [5.74, 6) is 0.473. The van der Waals surface area contributed by atoms with E-state index < -0.39 is 11.7 Å². The Morgan fingerprint density at radius 2 is 2.04 bits per heavy atom. The lowest BCUT2D eigenvalue weighted by atomic mass is 9.79. The van der Waals surface area contributed by atoms with Crippen LogP contribution >= 0.6 is 0 Å². The summed E-state index contributed by atoms with van der Waals surface area (Å²) < 4.78 is 10.5. The van der Waals surface area contributed by atoms with Crippen molar-refractivity contribution >= 4 is 11.9 Å². The monoisotopic (exact) mass is 319 g/mol. The molecule has 2 unspecified atom stereocenters. The Kier molecular flexibility index (Phi) is 4.97. The normalized spacial score (nSPS) is 18.8. The zero-order valence-electron chi connectivity index (χ0n) is 14.4. The van der Waals surface area contributed by atoms with Crippen LogP contribution in [0.1, 0.15) is 50.0 Å². The van der Waals surface area contributed by atoms with E-state index in [-0.39, 0.29) is 17.7 Å². The van der Waals surface area contributed by atoms with Crippen LogP contribution in [0.25, 0.3) is 0 Å². The first-order chi connectivity index (χ1) is 10.7. The Morgan fingerprint density at radius 1 is 1.35 bits per heavy atom. The number of hydrogen-bond acceptors (Lipinski definition) is 4. The molecule has 2 atom stereocenters. The Balaban J connectivity index is 2.09. The maximum atomic E-state index is 12.7. The smallest absolute Gasteiger partial charge is 0.407 e. The lowest BCUT2D eigenvalue weighted by molar-refractivity contribution is 0.0487. The molecule has 1 N–H and O–H groups in total. The number of methoxy groups -OCH3 is 1. The highest BCUT2D eigenvalue weighted by atomic mass is 16.6. The van der Waals surface area contributed by atoms with Gasteiger partial charge in [-0.05, 0) is 58.2 Å². The van der Waals surface area contributed by atoms with Crippen LogP contribution in [0, 0.1) is 5.92 Å². The molecule has 1 aromatic rings. The number of benzene rings is 1. The topological polar surface area (TPSA) is 64.6 Å². The Labute approximate surface area is 137 Å². The van der Waals surface area contributed by atoms with Gasteiger partial charge in [0, 0.05) is 17.5 Å². The molecule has 1 amide bonds. The Bertz CT molecular complexity index is 604. The molecule has 0 fully saturated rings. The van der Waals surface area contributed by atoms with Crippen molar-refractivity contribution in [2.24, 2.45) is 5.92 Å². The van der Waals surface area contributed by atoms with Crippen molar-refractivity contribution in [3.63, 3.8) is 0 Å². The summed E-state index contributed by atoms with van der Waals surface area (Å²) in [5, 5.41) is 2.78. The molecule has 126 valence electrons.